The number of sulfone groups is 1. The average Bonchev–Trinajstić information content (AvgIpc) is 2.98. The highest BCUT2D eigenvalue weighted by Gasteiger charge is 2.31. The molecule has 0 saturated carbocycles. The molecule has 0 fully saturated rings. The molecule has 2 nitrogen and oxygen atoms in total. The van der Waals surface area contributed by atoms with Crippen molar-refractivity contribution in [3.8, 4) is 0 Å². The fourth-order valence-corrected chi connectivity index (χ4v) is 5.89. The van der Waals surface area contributed by atoms with E-state index in [2.05, 4.69) is 0 Å². The van der Waals surface area contributed by atoms with Crippen molar-refractivity contribution < 1.29 is 8.42 Å². The maximum Gasteiger partial charge on any atom is 0.209 e. The van der Waals surface area contributed by atoms with Crippen LogP contribution in [0.3, 0.4) is 0 Å². The van der Waals surface area contributed by atoms with Crippen molar-refractivity contribution in [1.29, 1.82) is 0 Å². The third-order valence-corrected chi connectivity index (χ3v) is 7.13. The zero-order valence-electron chi connectivity index (χ0n) is 10.5. The van der Waals surface area contributed by atoms with Gasteiger partial charge in [-0.1, -0.05) is 0 Å². The summed E-state index contributed by atoms with van der Waals surface area (Å²) in [6.07, 6.45) is 3.43. The predicted molar refractivity (Wildman–Crippen MR) is 83.0 cm³/mol. The molecule has 0 spiro atoms. The Labute approximate surface area is 120 Å². The molecule has 19 heavy (non-hydrogen) atoms. The maximum atomic E-state index is 12.6. The smallest absolute Gasteiger partial charge is 0.209 e. The van der Waals surface area contributed by atoms with Crippen molar-refractivity contribution in [2.75, 3.05) is 0 Å². The summed E-state index contributed by atoms with van der Waals surface area (Å²) in [6.45, 7) is 3.96. The number of hydrogen-bond donors (Lipinski definition) is 0. The molecule has 2 aromatic rings. The first-order chi connectivity index (χ1) is 8.98. The molecule has 0 aromatic carbocycles. The van der Waals surface area contributed by atoms with Crippen LogP contribution in [-0.4, -0.2) is 8.42 Å². The molecule has 0 N–H and O–H groups in total. The van der Waals surface area contributed by atoms with Crippen LogP contribution in [0.4, 0.5) is 0 Å². The SMILES string of the molecule is Cc1ccc(C2=CC=C(c3ccc(C)s3)S2(=O)=O)s1. The van der Waals surface area contributed by atoms with E-state index in [1.807, 2.05) is 38.1 Å². The van der Waals surface area contributed by atoms with Crippen LogP contribution in [-0.2, 0) is 9.84 Å². The Bertz CT molecular complexity index is 739. The highest BCUT2D eigenvalue weighted by atomic mass is 32.2. The first-order valence-electron chi connectivity index (χ1n) is 5.79. The van der Waals surface area contributed by atoms with Crippen LogP contribution in [0.25, 0.3) is 9.81 Å². The Kier molecular flexibility index (Phi) is 3.00. The van der Waals surface area contributed by atoms with Crippen LogP contribution in [0.5, 0.6) is 0 Å². The molecule has 1 aliphatic rings. The van der Waals surface area contributed by atoms with E-state index >= 15 is 0 Å². The fraction of sp³-hybridized carbons (Fsp3) is 0.143. The van der Waals surface area contributed by atoms with E-state index in [9.17, 15) is 8.42 Å². The van der Waals surface area contributed by atoms with Gasteiger partial charge < -0.3 is 0 Å². The van der Waals surface area contributed by atoms with Gasteiger partial charge in [-0.05, 0) is 50.3 Å². The minimum Gasteiger partial charge on any atom is -0.218 e. The summed E-state index contributed by atoms with van der Waals surface area (Å²) >= 11 is 3.02. The Balaban J connectivity index is 2.03. The summed E-state index contributed by atoms with van der Waals surface area (Å²) in [5.41, 5.74) is 0. The number of rotatable bonds is 2. The van der Waals surface area contributed by atoms with E-state index in [0.717, 1.165) is 19.5 Å². The first-order valence-corrected chi connectivity index (χ1v) is 8.91. The van der Waals surface area contributed by atoms with Crippen LogP contribution in [0.2, 0.25) is 0 Å². The van der Waals surface area contributed by atoms with Crippen LogP contribution in [0.1, 0.15) is 19.5 Å². The average molecular weight is 308 g/mol. The maximum absolute atomic E-state index is 12.6. The summed E-state index contributed by atoms with van der Waals surface area (Å²) in [5, 5.41) is 0. The zero-order chi connectivity index (χ0) is 13.6. The second-order valence-corrected chi connectivity index (χ2v) is 8.85. The van der Waals surface area contributed by atoms with Gasteiger partial charge in [0.15, 0.2) is 0 Å². The molecule has 98 valence electrons. The summed E-state index contributed by atoms with van der Waals surface area (Å²) in [7, 11) is -3.36. The Morgan fingerprint density at radius 1 is 0.789 bits per heavy atom. The normalized spacial score (nSPS) is 17.4. The van der Waals surface area contributed by atoms with Crippen molar-refractivity contribution in [3.63, 3.8) is 0 Å². The number of allylic oxidation sites excluding steroid dienone is 2. The van der Waals surface area contributed by atoms with Gasteiger partial charge in [0.25, 0.3) is 0 Å². The van der Waals surface area contributed by atoms with Crippen molar-refractivity contribution in [2.45, 2.75) is 13.8 Å². The van der Waals surface area contributed by atoms with Crippen LogP contribution < -0.4 is 0 Å². The molecule has 0 amide bonds. The molecule has 5 heteroatoms. The lowest BCUT2D eigenvalue weighted by atomic mass is 10.3. The highest BCUT2D eigenvalue weighted by Crippen LogP contribution is 2.41. The van der Waals surface area contributed by atoms with E-state index < -0.39 is 9.84 Å². The second kappa shape index (κ2) is 4.44. The minimum atomic E-state index is -3.36. The summed E-state index contributed by atoms with van der Waals surface area (Å²) < 4.78 is 25.2. The number of thiophene rings is 2. The summed E-state index contributed by atoms with van der Waals surface area (Å²) in [5.74, 6) is 0. The molecule has 0 aliphatic carbocycles. The quantitative estimate of drug-likeness (QED) is 0.831. The molecule has 0 radical (unpaired) electrons. The molecule has 2 aromatic heterocycles. The third-order valence-electron chi connectivity index (χ3n) is 2.93. The molecular weight excluding hydrogens is 296 g/mol. The summed E-state index contributed by atoms with van der Waals surface area (Å²) in [4.78, 5) is 4.71. The second-order valence-electron chi connectivity index (χ2n) is 4.39. The van der Waals surface area contributed by atoms with Crippen molar-refractivity contribution in [3.05, 3.63) is 55.9 Å². The standard InChI is InChI=1S/C14H12O2S3/c1-9-3-5-11(17-9)13-7-8-14(19(13,15)16)12-6-4-10(2)18-12/h3-8H,1-2H3. The Morgan fingerprint density at radius 3 is 1.53 bits per heavy atom. The van der Waals surface area contributed by atoms with E-state index in [4.69, 9.17) is 0 Å². The first kappa shape index (κ1) is 12.8. The van der Waals surface area contributed by atoms with Crippen LogP contribution >= 0.6 is 22.7 Å². The van der Waals surface area contributed by atoms with E-state index in [1.165, 1.54) is 22.7 Å². The van der Waals surface area contributed by atoms with Gasteiger partial charge in [-0.15, -0.1) is 22.7 Å². The fourth-order valence-electron chi connectivity index (χ4n) is 2.01. The van der Waals surface area contributed by atoms with E-state index in [0.29, 0.717) is 9.81 Å². The van der Waals surface area contributed by atoms with E-state index in [1.54, 1.807) is 12.2 Å². The molecule has 1 aliphatic heterocycles. The van der Waals surface area contributed by atoms with E-state index in [-0.39, 0.29) is 0 Å². The van der Waals surface area contributed by atoms with Gasteiger partial charge in [-0.3, -0.25) is 0 Å². The molecule has 0 saturated heterocycles. The van der Waals surface area contributed by atoms with Crippen molar-refractivity contribution >= 4 is 42.3 Å². The third kappa shape index (κ3) is 2.12. The number of aryl methyl sites for hydroxylation is 2. The van der Waals surface area contributed by atoms with Gasteiger partial charge >= 0.3 is 0 Å². The lowest BCUT2D eigenvalue weighted by Crippen LogP contribution is -1.99. The number of hydrogen-bond acceptors (Lipinski definition) is 4. The van der Waals surface area contributed by atoms with Crippen molar-refractivity contribution in [1.82, 2.24) is 0 Å². The topological polar surface area (TPSA) is 34.1 Å². The lowest BCUT2D eigenvalue weighted by Gasteiger charge is -2.03. The molecule has 0 bridgehead atoms. The summed E-state index contributed by atoms with van der Waals surface area (Å²) in [6, 6.07) is 7.65. The molecular formula is C14H12O2S3. The van der Waals surface area contributed by atoms with Gasteiger partial charge in [0.05, 0.1) is 9.81 Å². The monoisotopic (exact) mass is 308 g/mol. The molecule has 0 unspecified atom stereocenters. The van der Waals surface area contributed by atoms with Gasteiger partial charge in [0, 0.05) is 19.5 Å². The molecule has 3 heterocycles. The molecule has 0 atom stereocenters. The largest absolute Gasteiger partial charge is 0.218 e. The van der Waals surface area contributed by atoms with Crippen LogP contribution in [0.15, 0.2) is 36.4 Å². The zero-order valence-corrected chi connectivity index (χ0v) is 13.0. The van der Waals surface area contributed by atoms with Gasteiger partial charge in [-0.25, -0.2) is 8.42 Å². The Hall–Kier alpha value is -1.17. The van der Waals surface area contributed by atoms with Crippen molar-refractivity contribution in [2.24, 2.45) is 0 Å². The highest BCUT2D eigenvalue weighted by molar-refractivity contribution is 8.09. The van der Waals surface area contributed by atoms with Gasteiger partial charge in [0.2, 0.25) is 9.84 Å². The van der Waals surface area contributed by atoms with Gasteiger partial charge in [0.1, 0.15) is 0 Å². The predicted octanol–water partition coefficient (Wildman–Crippen LogP) is 4.24. The Morgan fingerprint density at radius 2 is 1.21 bits per heavy atom. The van der Waals surface area contributed by atoms with Crippen LogP contribution in [0, 0.1) is 13.8 Å². The van der Waals surface area contributed by atoms with Gasteiger partial charge in [-0.2, -0.15) is 0 Å². The lowest BCUT2D eigenvalue weighted by molar-refractivity contribution is 0.615. The molecule has 3 rings (SSSR count). The minimum absolute atomic E-state index is 0.423.